The van der Waals surface area contributed by atoms with Gasteiger partial charge in [-0.3, -0.25) is 4.79 Å². The number of nitrogens with one attached hydrogen (secondary N) is 1. The zero-order chi connectivity index (χ0) is 19.8. The smallest absolute Gasteiger partial charge is 0.339 e. The van der Waals surface area contributed by atoms with Crippen LogP contribution in [0.15, 0.2) is 54.7 Å². The first-order valence-electron chi connectivity index (χ1n) is 8.66. The lowest BCUT2D eigenvalue weighted by Gasteiger charge is -2.26. The highest BCUT2D eigenvalue weighted by atomic mass is 19.1. The van der Waals surface area contributed by atoms with Gasteiger partial charge < -0.3 is 19.7 Å². The minimum atomic E-state index is -1.15. The molecule has 2 heterocycles. The van der Waals surface area contributed by atoms with Crippen LogP contribution in [0.2, 0.25) is 0 Å². The number of halogens is 1. The van der Waals surface area contributed by atoms with Crippen molar-refractivity contribution < 1.29 is 23.8 Å². The third-order valence-corrected chi connectivity index (χ3v) is 4.84. The Balaban J connectivity index is 1.97. The first-order chi connectivity index (χ1) is 13.5. The third kappa shape index (κ3) is 3.00. The fourth-order valence-corrected chi connectivity index (χ4v) is 3.60. The molecule has 1 aromatic heterocycles. The number of anilines is 1. The molecule has 1 unspecified atom stereocenters. The van der Waals surface area contributed by atoms with Gasteiger partial charge in [-0.2, -0.15) is 0 Å². The van der Waals surface area contributed by atoms with E-state index in [4.69, 9.17) is 4.74 Å². The quantitative estimate of drug-likeness (QED) is 0.722. The summed E-state index contributed by atoms with van der Waals surface area (Å²) in [4.78, 5) is 24.1. The fourth-order valence-electron chi connectivity index (χ4n) is 3.60. The predicted octanol–water partition coefficient (Wildman–Crippen LogP) is 3.80. The molecular weight excluding hydrogens is 363 g/mol. The van der Waals surface area contributed by atoms with Crippen LogP contribution in [0.4, 0.5) is 10.1 Å². The minimum Gasteiger partial charge on any atom is -0.497 e. The van der Waals surface area contributed by atoms with E-state index in [9.17, 15) is 19.1 Å². The molecule has 28 heavy (non-hydrogen) atoms. The molecule has 0 fully saturated rings. The number of hydrogen-bond acceptors (Lipinski definition) is 3. The van der Waals surface area contributed by atoms with E-state index in [1.54, 1.807) is 42.0 Å². The van der Waals surface area contributed by atoms with Crippen molar-refractivity contribution in [1.29, 1.82) is 0 Å². The Hall–Kier alpha value is -3.61. The fraction of sp³-hybridized carbons (Fsp3) is 0.143. The Kier molecular flexibility index (Phi) is 4.35. The number of carboxylic acid groups (broad SMARTS) is 1. The van der Waals surface area contributed by atoms with Gasteiger partial charge >= 0.3 is 5.97 Å². The first-order valence-corrected chi connectivity index (χ1v) is 8.66. The average molecular weight is 380 g/mol. The Morgan fingerprint density at radius 2 is 2.04 bits per heavy atom. The van der Waals surface area contributed by atoms with Crippen molar-refractivity contribution in [2.24, 2.45) is 0 Å². The molecule has 0 spiro atoms. The topological polar surface area (TPSA) is 80.6 Å². The molecule has 0 bridgehead atoms. The first kappa shape index (κ1) is 17.8. The summed E-state index contributed by atoms with van der Waals surface area (Å²) in [5, 5.41) is 12.3. The maximum Gasteiger partial charge on any atom is 0.339 e. The molecule has 6 nitrogen and oxygen atoms in total. The van der Waals surface area contributed by atoms with E-state index >= 15 is 0 Å². The summed E-state index contributed by atoms with van der Waals surface area (Å²) in [5.41, 5.74) is 2.10. The van der Waals surface area contributed by atoms with Gasteiger partial charge in [-0.1, -0.05) is 18.2 Å². The number of carboxylic acids is 1. The molecule has 2 aromatic carbocycles. The number of aromatic carboxylic acids is 1. The van der Waals surface area contributed by atoms with Gasteiger partial charge in [-0.05, 0) is 29.8 Å². The van der Waals surface area contributed by atoms with Crippen molar-refractivity contribution in [3.63, 3.8) is 0 Å². The highest BCUT2D eigenvalue weighted by molar-refractivity contribution is 6.04. The monoisotopic (exact) mass is 380 g/mol. The molecule has 0 radical (unpaired) electrons. The van der Waals surface area contributed by atoms with Crippen molar-refractivity contribution in [3.8, 4) is 11.4 Å². The van der Waals surface area contributed by atoms with Crippen molar-refractivity contribution >= 4 is 17.6 Å². The van der Waals surface area contributed by atoms with Gasteiger partial charge in [-0.15, -0.1) is 0 Å². The van der Waals surface area contributed by atoms with Crippen molar-refractivity contribution in [3.05, 3.63) is 77.4 Å². The number of benzene rings is 2. The van der Waals surface area contributed by atoms with E-state index in [0.29, 0.717) is 22.7 Å². The zero-order valence-electron chi connectivity index (χ0n) is 15.0. The van der Waals surface area contributed by atoms with E-state index in [0.717, 1.165) is 0 Å². The highest BCUT2D eigenvalue weighted by Crippen LogP contribution is 2.42. The number of methoxy groups -OCH3 is 1. The molecule has 142 valence electrons. The van der Waals surface area contributed by atoms with E-state index in [2.05, 4.69) is 5.32 Å². The van der Waals surface area contributed by atoms with Crippen LogP contribution >= 0.6 is 0 Å². The maximum absolute atomic E-state index is 13.8. The number of rotatable bonds is 4. The summed E-state index contributed by atoms with van der Waals surface area (Å²) in [6.45, 7) is 0. The van der Waals surface area contributed by atoms with Gasteiger partial charge in [0.2, 0.25) is 5.91 Å². The molecule has 3 aromatic rings. The van der Waals surface area contributed by atoms with Crippen LogP contribution in [0.1, 0.15) is 34.0 Å². The highest BCUT2D eigenvalue weighted by Gasteiger charge is 2.34. The van der Waals surface area contributed by atoms with Gasteiger partial charge in [0.05, 0.1) is 18.5 Å². The number of hydrogen-bond donors (Lipinski definition) is 2. The number of fused-ring (bicyclic) bond motifs is 1. The number of amides is 1. The lowest BCUT2D eigenvalue weighted by molar-refractivity contribution is -0.116. The van der Waals surface area contributed by atoms with Gasteiger partial charge in [-0.25, -0.2) is 9.18 Å². The summed E-state index contributed by atoms with van der Waals surface area (Å²) < 4.78 is 20.8. The Morgan fingerprint density at radius 1 is 1.25 bits per heavy atom. The molecule has 1 atom stereocenters. The molecule has 0 aliphatic carbocycles. The van der Waals surface area contributed by atoms with Crippen LogP contribution < -0.4 is 10.1 Å². The zero-order valence-corrected chi connectivity index (χ0v) is 15.0. The molecule has 1 aliphatic rings. The molecule has 1 aliphatic heterocycles. The van der Waals surface area contributed by atoms with Crippen LogP contribution in [0.5, 0.6) is 5.75 Å². The molecular formula is C21H17FN2O4. The van der Waals surface area contributed by atoms with E-state index in [1.807, 2.05) is 6.07 Å². The normalized spacial score (nSPS) is 15.6. The number of ether oxygens (including phenoxy) is 1. The summed E-state index contributed by atoms with van der Waals surface area (Å²) in [7, 11) is 1.54. The second-order valence-electron chi connectivity index (χ2n) is 6.54. The molecule has 0 saturated heterocycles. The van der Waals surface area contributed by atoms with Crippen molar-refractivity contribution in [2.75, 3.05) is 12.4 Å². The van der Waals surface area contributed by atoms with Gasteiger partial charge in [0.1, 0.15) is 17.1 Å². The predicted molar refractivity (Wildman–Crippen MR) is 101 cm³/mol. The van der Waals surface area contributed by atoms with Gasteiger partial charge in [0.15, 0.2) is 0 Å². The third-order valence-electron chi connectivity index (χ3n) is 4.84. The largest absolute Gasteiger partial charge is 0.497 e. The Labute approximate surface area is 160 Å². The van der Waals surface area contributed by atoms with Crippen LogP contribution in [0, 0.1) is 5.82 Å². The second-order valence-corrected chi connectivity index (χ2v) is 6.54. The Morgan fingerprint density at radius 3 is 2.75 bits per heavy atom. The second kappa shape index (κ2) is 6.84. The molecule has 0 saturated carbocycles. The summed E-state index contributed by atoms with van der Waals surface area (Å²) >= 11 is 0. The average Bonchev–Trinajstić information content (AvgIpc) is 3.07. The molecule has 2 N–H and O–H groups in total. The summed E-state index contributed by atoms with van der Waals surface area (Å²) in [6, 6.07) is 13.2. The molecule has 1 amide bonds. The van der Waals surface area contributed by atoms with E-state index in [-0.39, 0.29) is 23.6 Å². The van der Waals surface area contributed by atoms with Gasteiger partial charge in [0.25, 0.3) is 0 Å². The van der Waals surface area contributed by atoms with E-state index < -0.39 is 17.7 Å². The van der Waals surface area contributed by atoms with Crippen molar-refractivity contribution in [2.45, 2.75) is 12.3 Å². The lowest BCUT2D eigenvalue weighted by Crippen LogP contribution is -2.25. The minimum absolute atomic E-state index is 0.0210. The Bertz CT molecular complexity index is 1090. The standard InChI is InChI=1S/C21H17FN2O4/c1-28-15-7-3-6-14(9-15)24-11-17(21(26)27)19-20(24)16(10-18(25)23-19)12-4-2-5-13(22)8-12/h2-9,11,16H,10H2,1H3,(H,23,25)(H,26,27). The van der Waals surface area contributed by atoms with Crippen molar-refractivity contribution in [1.82, 2.24) is 4.57 Å². The number of nitrogens with zero attached hydrogens (tertiary/aromatic N) is 1. The lowest BCUT2D eigenvalue weighted by atomic mass is 9.88. The van der Waals surface area contributed by atoms with Crippen LogP contribution in [0.25, 0.3) is 5.69 Å². The number of aromatic nitrogens is 1. The molecule has 4 rings (SSSR count). The summed E-state index contributed by atoms with van der Waals surface area (Å²) in [5.74, 6) is -1.76. The summed E-state index contributed by atoms with van der Waals surface area (Å²) in [6.07, 6.45) is 1.56. The number of carbonyl (C=O) groups excluding carboxylic acids is 1. The van der Waals surface area contributed by atoms with Crippen LogP contribution in [-0.2, 0) is 4.79 Å². The SMILES string of the molecule is COc1cccc(-n2cc(C(=O)O)c3c2C(c2cccc(F)c2)CC(=O)N3)c1. The van der Waals surface area contributed by atoms with Gasteiger partial charge in [0, 0.05) is 30.3 Å². The molecule has 7 heteroatoms. The maximum atomic E-state index is 13.8. The van der Waals surface area contributed by atoms with E-state index in [1.165, 1.54) is 18.3 Å². The number of carbonyl (C=O) groups is 2. The van der Waals surface area contributed by atoms with Crippen LogP contribution in [-0.4, -0.2) is 28.7 Å². The van der Waals surface area contributed by atoms with Crippen LogP contribution in [0.3, 0.4) is 0 Å².